The fourth-order valence-corrected chi connectivity index (χ4v) is 3.63. The van der Waals surface area contributed by atoms with Crippen LogP contribution in [0.4, 0.5) is 20.3 Å². The normalized spacial score (nSPS) is 12.4. The maximum absolute atomic E-state index is 13.3. The lowest BCUT2D eigenvalue weighted by Crippen LogP contribution is -2.16. The van der Waals surface area contributed by atoms with Crippen molar-refractivity contribution in [3.8, 4) is 0 Å². The minimum atomic E-state index is -4.04. The van der Waals surface area contributed by atoms with Gasteiger partial charge in [-0.3, -0.25) is 4.72 Å². The lowest BCUT2D eigenvalue weighted by atomic mass is 10.1. The Labute approximate surface area is 171 Å². The fourth-order valence-electron chi connectivity index (χ4n) is 2.51. The second-order valence-corrected chi connectivity index (χ2v) is 8.16. The van der Waals surface area contributed by atoms with Gasteiger partial charge >= 0.3 is 0 Å². The monoisotopic (exact) mass is 439 g/mol. The molecule has 2 aromatic carbocycles. The number of pyridine rings is 1. The van der Waals surface area contributed by atoms with Crippen molar-refractivity contribution in [3.05, 3.63) is 83.0 Å². The molecule has 0 bridgehead atoms. The highest BCUT2D eigenvalue weighted by molar-refractivity contribution is 7.92. The van der Waals surface area contributed by atoms with E-state index in [4.69, 9.17) is 11.6 Å². The van der Waals surface area contributed by atoms with Crippen molar-refractivity contribution in [2.45, 2.75) is 10.9 Å². The van der Waals surface area contributed by atoms with E-state index in [-0.39, 0.29) is 17.2 Å². The average Bonchev–Trinajstić information content (AvgIpc) is 2.70. The summed E-state index contributed by atoms with van der Waals surface area (Å²) in [7, 11) is -4.04. The van der Waals surface area contributed by atoms with E-state index in [1.807, 2.05) is 0 Å². The van der Waals surface area contributed by atoms with E-state index in [1.165, 1.54) is 12.1 Å². The first-order valence-corrected chi connectivity index (χ1v) is 10.2. The van der Waals surface area contributed by atoms with Gasteiger partial charge in [-0.2, -0.15) is 0 Å². The van der Waals surface area contributed by atoms with Crippen LogP contribution in [0.5, 0.6) is 0 Å². The number of benzene rings is 2. The van der Waals surface area contributed by atoms with Crippen LogP contribution in [0.2, 0.25) is 5.02 Å². The first-order valence-electron chi connectivity index (χ1n) is 8.35. The first-order chi connectivity index (χ1) is 13.8. The smallest absolute Gasteiger partial charge is 0.263 e. The lowest BCUT2D eigenvalue weighted by Gasteiger charge is -2.17. The van der Waals surface area contributed by atoms with Crippen molar-refractivity contribution < 1.29 is 22.3 Å². The summed E-state index contributed by atoms with van der Waals surface area (Å²) in [6, 6.07) is 11.8. The van der Waals surface area contributed by atoms with Gasteiger partial charge in [-0.1, -0.05) is 23.7 Å². The molecule has 0 amide bonds. The van der Waals surface area contributed by atoms with E-state index in [9.17, 15) is 22.3 Å². The van der Waals surface area contributed by atoms with Crippen LogP contribution < -0.4 is 10.0 Å². The van der Waals surface area contributed by atoms with E-state index < -0.39 is 27.7 Å². The predicted octanol–water partition coefficient (Wildman–Crippen LogP) is 3.96. The average molecular weight is 440 g/mol. The van der Waals surface area contributed by atoms with Gasteiger partial charge in [0.2, 0.25) is 0 Å². The zero-order chi connectivity index (χ0) is 21.0. The summed E-state index contributed by atoms with van der Waals surface area (Å²) >= 11 is 5.86. The number of hydrogen-bond donors (Lipinski definition) is 3. The molecular formula is C19H16ClF2N3O3S. The van der Waals surface area contributed by atoms with E-state index in [0.29, 0.717) is 10.8 Å². The van der Waals surface area contributed by atoms with Gasteiger partial charge in [0, 0.05) is 17.3 Å². The van der Waals surface area contributed by atoms with Gasteiger partial charge in [-0.25, -0.2) is 22.2 Å². The number of aliphatic hydroxyl groups is 1. The Kier molecular flexibility index (Phi) is 6.31. The summed E-state index contributed by atoms with van der Waals surface area (Å²) in [6.07, 6.45) is 1.11. The Morgan fingerprint density at radius 1 is 1.03 bits per heavy atom. The second-order valence-electron chi connectivity index (χ2n) is 6.04. The van der Waals surface area contributed by atoms with Crippen LogP contribution in [-0.4, -0.2) is 25.1 Å². The topological polar surface area (TPSA) is 91.3 Å². The third-order valence-electron chi connectivity index (χ3n) is 4.00. The Hall–Kier alpha value is -2.75. The lowest BCUT2D eigenvalue weighted by molar-refractivity contribution is 0.276. The molecule has 3 aromatic rings. The summed E-state index contributed by atoms with van der Waals surface area (Å²) < 4.78 is 53.2. The summed E-state index contributed by atoms with van der Waals surface area (Å²) in [5, 5.41) is 13.2. The van der Waals surface area contributed by atoms with Gasteiger partial charge in [-0.05, 0) is 42.0 Å². The number of hydrogen-bond acceptors (Lipinski definition) is 5. The summed E-state index contributed by atoms with van der Waals surface area (Å²) in [5.41, 5.74) is 0.657. The van der Waals surface area contributed by atoms with Crippen molar-refractivity contribution in [1.82, 2.24) is 4.98 Å². The molecule has 1 unspecified atom stereocenters. The quantitative estimate of drug-likeness (QED) is 0.518. The van der Waals surface area contributed by atoms with Crippen LogP contribution >= 0.6 is 11.6 Å². The Balaban J connectivity index is 1.74. The third kappa shape index (κ3) is 5.20. The van der Waals surface area contributed by atoms with Crippen LogP contribution in [-0.2, 0) is 10.0 Å². The number of aliphatic hydroxyl groups excluding tert-OH is 1. The van der Waals surface area contributed by atoms with Gasteiger partial charge in [0.25, 0.3) is 10.0 Å². The molecule has 0 aliphatic rings. The standard InChI is InChI=1S/C19H16ClF2N3O3S/c20-13-3-1-12(2-4-13)18(11-26)24-19-8-6-15(10-23-19)29(27,28)25-14-5-7-16(21)17(22)9-14/h1-10,18,25-26H,11H2,(H,23,24). The maximum atomic E-state index is 13.3. The van der Waals surface area contributed by atoms with E-state index >= 15 is 0 Å². The molecule has 0 fully saturated rings. The zero-order valence-corrected chi connectivity index (χ0v) is 16.4. The van der Waals surface area contributed by atoms with Crippen LogP contribution in [0.15, 0.2) is 65.7 Å². The SMILES string of the molecule is O=S(=O)(Nc1ccc(F)c(F)c1)c1ccc(NC(CO)c2ccc(Cl)cc2)nc1. The van der Waals surface area contributed by atoms with Crippen LogP contribution in [0.25, 0.3) is 0 Å². The fraction of sp³-hybridized carbons (Fsp3) is 0.105. The Morgan fingerprint density at radius 2 is 1.76 bits per heavy atom. The Morgan fingerprint density at radius 3 is 2.34 bits per heavy atom. The molecule has 6 nitrogen and oxygen atoms in total. The molecule has 1 aromatic heterocycles. The highest BCUT2D eigenvalue weighted by Crippen LogP contribution is 2.22. The summed E-state index contributed by atoms with van der Waals surface area (Å²) in [5.74, 6) is -1.91. The molecule has 0 radical (unpaired) electrons. The third-order valence-corrected chi connectivity index (χ3v) is 5.61. The Bertz CT molecular complexity index is 1090. The molecule has 0 spiro atoms. The number of rotatable bonds is 7. The van der Waals surface area contributed by atoms with Crippen LogP contribution in [0.3, 0.4) is 0 Å². The van der Waals surface area contributed by atoms with E-state index in [0.717, 1.165) is 30.0 Å². The first kappa shape index (κ1) is 21.0. The highest BCUT2D eigenvalue weighted by atomic mass is 35.5. The highest BCUT2D eigenvalue weighted by Gasteiger charge is 2.17. The van der Waals surface area contributed by atoms with Crippen molar-refractivity contribution in [3.63, 3.8) is 0 Å². The molecule has 3 rings (SSSR count). The largest absolute Gasteiger partial charge is 0.394 e. The second kappa shape index (κ2) is 8.73. The van der Waals surface area contributed by atoms with Gasteiger partial charge < -0.3 is 10.4 Å². The van der Waals surface area contributed by atoms with Crippen molar-refractivity contribution >= 4 is 33.1 Å². The van der Waals surface area contributed by atoms with Gasteiger partial charge in [0.05, 0.1) is 18.3 Å². The maximum Gasteiger partial charge on any atom is 0.263 e. The number of anilines is 2. The van der Waals surface area contributed by atoms with Crippen molar-refractivity contribution in [1.29, 1.82) is 0 Å². The molecule has 10 heteroatoms. The van der Waals surface area contributed by atoms with Crippen LogP contribution in [0.1, 0.15) is 11.6 Å². The minimum absolute atomic E-state index is 0.116. The summed E-state index contributed by atoms with van der Waals surface area (Å²) in [4.78, 5) is 3.88. The van der Waals surface area contributed by atoms with Crippen molar-refractivity contribution in [2.24, 2.45) is 0 Å². The van der Waals surface area contributed by atoms with E-state index in [1.54, 1.807) is 24.3 Å². The van der Waals surface area contributed by atoms with Gasteiger partial charge in [0.15, 0.2) is 11.6 Å². The number of nitrogens with one attached hydrogen (secondary N) is 2. The molecule has 0 aliphatic carbocycles. The molecule has 0 saturated heterocycles. The summed E-state index contributed by atoms with van der Waals surface area (Å²) in [6.45, 7) is -0.221. The number of aromatic nitrogens is 1. The number of nitrogens with zero attached hydrogens (tertiary/aromatic N) is 1. The zero-order valence-electron chi connectivity index (χ0n) is 14.8. The number of sulfonamides is 1. The molecular weight excluding hydrogens is 424 g/mol. The molecule has 152 valence electrons. The molecule has 1 heterocycles. The predicted molar refractivity (Wildman–Crippen MR) is 106 cm³/mol. The molecule has 3 N–H and O–H groups in total. The van der Waals surface area contributed by atoms with Crippen LogP contribution in [0, 0.1) is 11.6 Å². The molecule has 0 aliphatic heterocycles. The molecule has 0 saturated carbocycles. The minimum Gasteiger partial charge on any atom is -0.394 e. The van der Waals surface area contributed by atoms with Gasteiger partial charge in [-0.15, -0.1) is 0 Å². The number of halogens is 3. The molecule has 1 atom stereocenters. The van der Waals surface area contributed by atoms with Crippen molar-refractivity contribution in [2.75, 3.05) is 16.6 Å². The van der Waals surface area contributed by atoms with Gasteiger partial charge in [0.1, 0.15) is 10.7 Å². The molecule has 29 heavy (non-hydrogen) atoms. The van der Waals surface area contributed by atoms with E-state index in [2.05, 4.69) is 15.0 Å².